The van der Waals surface area contributed by atoms with Crippen LogP contribution in [0.25, 0.3) is 0 Å². The molecule has 1 amide bonds. The SMILES string of the molecule is COc1cc(NC(=O)c2ccc(S(=O)(=O)Nc3ccccc3Cl)cc2)cc(OC)c1OC. The smallest absolute Gasteiger partial charge is 0.261 e. The molecule has 0 spiro atoms. The maximum atomic E-state index is 12.7. The van der Waals surface area contributed by atoms with Gasteiger partial charge in [0.05, 0.1) is 36.9 Å². The highest BCUT2D eigenvalue weighted by molar-refractivity contribution is 7.92. The van der Waals surface area contributed by atoms with Gasteiger partial charge < -0.3 is 19.5 Å². The Morgan fingerprint density at radius 2 is 1.47 bits per heavy atom. The maximum Gasteiger partial charge on any atom is 0.261 e. The van der Waals surface area contributed by atoms with E-state index in [1.165, 1.54) is 45.6 Å². The first-order valence-electron chi connectivity index (χ1n) is 9.28. The van der Waals surface area contributed by atoms with Crippen LogP contribution < -0.4 is 24.2 Å². The first-order chi connectivity index (χ1) is 15.3. The Bertz CT molecular complexity index is 1200. The van der Waals surface area contributed by atoms with Gasteiger partial charge in [-0.3, -0.25) is 9.52 Å². The number of hydrogen-bond acceptors (Lipinski definition) is 6. The van der Waals surface area contributed by atoms with Gasteiger partial charge in [-0.15, -0.1) is 0 Å². The molecule has 0 bridgehead atoms. The molecular weight excluding hydrogens is 456 g/mol. The molecule has 2 N–H and O–H groups in total. The third kappa shape index (κ3) is 5.06. The van der Waals surface area contributed by atoms with Crippen molar-refractivity contribution >= 4 is 38.9 Å². The Morgan fingerprint density at radius 1 is 0.875 bits per heavy atom. The van der Waals surface area contributed by atoms with E-state index in [9.17, 15) is 13.2 Å². The van der Waals surface area contributed by atoms with Crippen molar-refractivity contribution < 1.29 is 27.4 Å². The first-order valence-corrected chi connectivity index (χ1v) is 11.1. The summed E-state index contributed by atoms with van der Waals surface area (Å²) in [4.78, 5) is 12.6. The second-order valence-corrected chi connectivity index (χ2v) is 8.57. The van der Waals surface area contributed by atoms with Gasteiger partial charge >= 0.3 is 0 Å². The van der Waals surface area contributed by atoms with E-state index in [1.807, 2.05) is 0 Å². The largest absolute Gasteiger partial charge is 0.493 e. The summed E-state index contributed by atoms with van der Waals surface area (Å²) in [6.07, 6.45) is 0. The summed E-state index contributed by atoms with van der Waals surface area (Å²) in [6.45, 7) is 0. The van der Waals surface area contributed by atoms with E-state index in [4.69, 9.17) is 25.8 Å². The number of anilines is 2. The van der Waals surface area contributed by atoms with Gasteiger partial charge in [0.25, 0.3) is 15.9 Å². The molecule has 0 aliphatic carbocycles. The van der Waals surface area contributed by atoms with Crippen LogP contribution in [0.2, 0.25) is 5.02 Å². The van der Waals surface area contributed by atoms with Crippen molar-refractivity contribution in [2.45, 2.75) is 4.90 Å². The lowest BCUT2D eigenvalue weighted by Gasteiger charge is -2.14. The fraction of sp³-hybridized carbons (Fsp3) is 0.136. The third-order valence-corrected chi connectivity index (χ3v) is 6.18. The van der Waals surface area contributed by atoms with E-state index in [2.05, 4.69) is 10.0 Å². The quantitative estimate of drug-likeness (QED) is 0.499. The van der Waals surface area contributed by atoms with Crippen molar-refractivity contribution in [2.24, 2.45) is 0 Å². The molecule has 0 unspecified atom stereocenters. The van der Waals surface area contributed by atoms with Crippen LogP contribution in [0, 0.1) is 0 Å². The van der Waals surface area contributed by atoms with E-state index < -0.39 is 15.9 Å². The number of carbonyl (C=O) groups excluding carboxylic acids is 1. The summed E-state index contributed by atoms with van der Waals surface area (Å²) < 4.78 is 43.5. The average molecular weight is 477 g/mol. The van der Waals surface area contributed by atoms with Gasteiger partial charge in [0, 0.05) is 23.4 Å². The second kappa shape index (κ2) is 9.80. The van der Waals surface area contributed by atoms with Gasteiger partial charge in [0.2, 0.25) is 5.75 Å². The number of ether oxygens (including phenoxy) is 3. The van der Waals surface area contributed by atoms with Crippen LogP contribution in [-0.2, 0) is 10.0 Å². The van der Waals surface area contributed by atoms with E-state index in [-0.39, 0.29) is 21.2 Å². The highest BCUT2D eigenvalue weighted by Crippen LogP contribution is 2.40. The van der Waals surface area contributed by atoms with Crippen molar-refractivity contribution in [1.82, 2.24) is 0 Å². The van der Waals surface area contributed by atoms with Crippen LogP contribution in [0.5, 0.6) is 17.2 Å². The lowest BCUT2D eigenvalue weighted by molar-refractivity contribution is 0.102. The summed E-state index contributed by atoms with van der Waals surface area (Å²) in [7, 11) is 0.547. The summed E-state index contributed by atoms with van der Waals surface area (Å²) in [5.74, 6) is 0.722. The number of para-hydroxylation sites is 1. The first kappa shape index (κ1) is 23.2. The number of rotatable bonds is 8. The number of hydrogen-bond donors (Lipinski definition) is 2. The minimum atomic E-state index is -3.88. The summed E-state index contributed by atoms with van der Waals surface area (Å²) in [5.41, 5.74) is 0.940. The average Bonchev–Trinajstić information content (AvgIpc) is 2.79. The van der Waals surface area contributed by atoms with E-state index >= 15 is 0 Å². The number of amides is 1. The molecule has 0 saturated carbocycles. The molecule has 0 aliphatic rings. The molecule has 0 aromatic heterocycles. The van der Waals surface area contributed by atoms with Gasteiger partial charge in [-0.1, -0.05) is 23.7 Å². The third-order valence-electron chi connectivity index (χ3n) is 4.47. The monoisotopic (exact) mass is 476 g/mol. The molecule has 168 valence electrons. The second-order valence-electron chi connectivity index (χ2n) is 6.48. The number of benzene rings is 3. The van der Waals surface area contributed by atoms with Gasteiger partial charge in [-0.2, -0.15) is 0 Å². The Morgan fingerprint density at radius 3 is 2.00 bits per heavy atom. The standard InChI is InChI=1S/C22H21ClN2O6S/c1-29-19-12-15(13-20(30-2)21(19)31-3)24-22(26)14-8-10-16(11-9-14)32(27,28)25-18-7-5-4-6-17(18)23/h4-13,25H,1-3H3,(H,24,26). The van der Waals surface area contributed by atoms with Crippen molar-refractivity contribution in [1.29, 1.82) is 0 Å². The van der Waals surface area contributed by atoms with Crippen LogP contribution in [0.3, 0.4) is 0 Å². The van der Waals surface area contributed by atoms with Crippen molar-refractivity contribution in [2.75, 3.05) is 31.4 Å². The molecule has 3 rings (SSSR count). The fourth-order valence-corrected chi connectivity index (χ4v) is 4.21. The fourth-order valence-electron chi connectivity index (χ4n) is 2.89. The Labute approximate surface area is 191 Å². The molecule has 3 aromatic carbocycles. The lowest BCUT2D eigenvalue weighted by atomic mass is 10.2. The number of halogens is 1. The molecule has 0 radical (unpaired) electrons. The molecule has 3 aromatic rings. The highest BCUT2D eigenvalue weighted by atomic mass is 35.5. The zero-order chi connectivity index (χ0) is 23.3. The molecule has 0 aliphatic heterocycles. The minimum absolute atomic E-state index is 0.0123. The number of methoxy groups -OCH3 is 3. The zero-order valence-corrected chi connectivity index (χ0v) is 19.1. The summed E-state index contributed by atoms with van der Waals surface area (Å²) in [6, 6.07) is 15.2. The van der Waals surface area contributed by atoms with Gasteiger partial charge in [0.15, 0.2) is 11.5 Å². The van der Waals surface area contributed by atoms with Gasteiger partial charge in [0.1, 0.15) is 0 Å². The van der Waals surface area contributed by atoms with Crippen LogP contribution in [0.1, 0.15) is 10.4 Å². The normalized spacial score (nSPS) is 10.9. The van der Waals surface area contributed by atoms with Gasteiger partial charge in [-0.25, -0.2) is 8.42 Å². The summed E-state index contributed by atoms with van der Waals surface area (Å²) in [5, 5.41) is 3.00. The Balaban J connectivity index is 1.79. The minimum Gasteiger partial charge on any atom is -0.493 e. The molecule has 0 fully saturated rings. The zero-order valence-electron chi connectivity index (χ0n) is 17.5. The van der Waals surface area contributed by atoms with Crippen molar-refractivity contribution in [3.63, 3.8) is 0 Å². The lowest BCUT2D eigenvalue weighted by Crippen LogP contribution is -2.15. The topological polar surface area (TPSA) is 103 Å². The van der Waals surface area contributed by atoms with E-state index in [0.29, 0.717) is 22.9 Å². The Hall–Kier alpha value is -3.43. The van der Waals surface area contributed by atoms with Crippen molar-refractivity contribution in [3.8, 4) is 17.2 Å². The van der Waals surface area contributed by atoms with Gasteiger partial charge in [-0.05, 0) is 36.4 Å². The predicted octanol–water partition coefficient (Wildman–Crippen LogP) is 4.42. The van der Waals surface area contributed by atoms with Crippen molar-refractivity contribution in [3.05, 3.63) is 71.2 Å². The molecule has 10 heteroatoms. The van der Waals surface area contributed by atoms with E-state index in [1.54, 1.807) is 36.4 Å². The number of carbonyl (C=O) groups is 1. The summed E-state index contributed by atoms with van der Waals surface area (Å²) >= 11 is 6.02. The maximum absolute atomic E-state index is 12.7. The molecule has 8 nitrogen and oxygen atoms in total. The van der Waals surface area contributed by atoms with Crippen LogP contribution >= 0.6 is 11.6 Å². The number of nitrogens with one attached hydrogen (secondary N) is 2. The predicted molar refractivity (Wildman–Crippen MR) is 123 cm³/mol. The molecular formula is C22H21ClN2O6S. The van der Waals surface area contributed by atoms with Crippen LogP contribution in [0.4, 0.5) is 11.4 Å². The number of sulfonamides is 1. The molecule has 0 heterocycles. The van der Waals surface area contributed by atoms with Crippen LogP contribution in [-0.4, -0.2) is 35.7 Å². The van der Waals surface area contributed by atoms with Crippen LogP contribution in [0.15, 0.2) is 65.6 Å². The molecule has 0 atom stereocenters. The Kier molecular flexibility index (Phi) is 7.12. The molecule has 0 saturated heterocycles. The molecule has 32 heavy (non-hydrogen) atoms. The highest BCUT2D eigenvalue weighted by Gasteiger charge is 2.18. The van der Waals surface area contributed by atoms with E-state index in [0.717, 1.165) is 0 Å².